The van der Waals surface area contributed by atoms with Gasteiger partial charge < -0.3 is 4.42 Å². The highest BCUT2D eigenvalue weighted by atomic mass is 16.4. The smallest absolute Gasteiger partial charge is 0.307 e. The summed E-state index contributed by atoms with van der Waals surface area (Å²) in [6.45, 7) is 3.99. The van der Waals surface area contributed by atoms with Crippen molar-refractivity contribution in [2.45, 2.75) is 13.8 Å². The number of nitrogens with zero attached hydrogens (tertiary/aromatic N) is 2. The zero-order chi connectivity index (χ0) is 11.1. The average molecular weight is 212 g/mol. The minimum atomic E-state index is 0.659. The molecule has 0 bridgehead atoms. The largest absolute Gasteiger partial charge is 0.423 e. The van der Waals surface area contributed by atoms with Crippen LogP contribution in [0.1, 0.15) is 18.3 Å². The number of imidazole rings is 1. The Kier molecular flexibility index (Phi) is 1.86. The molecule has 80 valence electrons. The van der Waals surface area contributed by atoms with Crippen LogP contribution in [0.3, 0.4) is 0 Å². The van der Waals surface area contributed by atoms with E-state index < -0.39 is 0 Å². The number of benzene rings is 1. The fourth-order valence-corrected chi connectivity index (χ4v) is 2.00. The molecule has 0 spiro atoms. The second-order valence-corrected chi connectivity index (χ2v) is 3.77. The fourth-order valence-electron chi connectivity index (χ4n) is 2.00. The average Bonchev–Trinajstić information content (AvgIpc) is 2.76. The van der Waals surface area contributed by atoms with E-state index in [9.17, 15) is 0 Å². The molecule has 3 aromatic rings. The Balaban J connectivity index is 2.51. The van der Waals surface area contributed by atoms with Crippen LogP contribution in [0.15, 0.2) is 34.8 Å². The van der Waals surface area contributed by atoms with Gasteiger partial charge in [-0.1, -0.05) is 18.2 Å². The molecule has 3 rings (SSSR count). The van der Waals surface area contributed by atoms with E-state index in [1.165, 1.54) is 0 Å². The van der Waals surface area contributed by atoms with Gasteiger partial charge in [-0.3, -0.25) is 4.40 Å². The van der Waals surface area contributed by atoms with Gasteiger partial charge in [-0.05, 0) is 32.1 Å². The van der Waals surface area contributed by atoms with E-state index in [1.807, 2.05) is 48.6 Å². The minimum Gasteiger partial charge on any atom is -0.423 e. The van der Waals surface area contributed by atoms with Crippen molar-refractivity contribution in [3.63, 3.8) is 0 Å². The van der Waals surface area contributed by atoms with Crippen molar-refractivity contribution >= 4 is 23.0 Å². The van der Waals surface area contributed by atoms with Crippen LogP contribution >= 0.6 is 0 Å². The highest BCUT2D eigenvalue weighted by Gasteiger charge is 2.12. The maximum absolute atomic E-state index is 5.68. The topological polar surface area (TPSA) is 30.4 Å². The molecule has 2 heterocycles. The number of rotatable bonds is 1. The van der Waals surface area contributed by atoms with Crippen molar-refractivity contribution in [3.8, 4) is 0 Å². The third-order valence-corrected chi connectivity index (χ3v) is 2.70. The summed E-state index contributed by atoms with van der Waals surface area (Å²) in [6.07, 6.45) is 4.06. The highest BCUT2D eigenvalue weighted by Crippen LogP contribution is 2.24. The van der Waals surface area contributed by atoms with Crippen LogP contribution in [-0.4, -0.2) is 9.38 Å². The van der Waals surface area contributed by atoms with Gasteiger partial charge in [-0.15, -0.1) is 0 Å². The summed E-state index contributed by atoms with van der Waals surface area (Å²) >= 11 is 0. The van der Waals surface area contributed by atoms with Gasteiger partial charge in [-0.2, -0.15) is 4.98 Å². The molecule has 0 aliphatic carbocycles. The van der Waals surface area contributed by atoms with E-state index in [-0.39, 0.29) is 0 Å². The number of fused-ring (bicyclic) bond motifs is 3. The third-order valence-electron chi connectivity index (χ3n) is 2.70. The van der Waals surface area contributed by atoms with Crippen molar-refractivity contribution in [2.75, 3.05) is 0 Å². The minimum absolute atomic E-state index is 0.659. The molecule has 0 N–H and O–H groups in total. The molecule has 0 aliphatic heterocycles. The summed E-state index contributed by atoms with van der Waals surface area (Å²) in [7, 11) is 0. The SMILES string of the molecule is C/C=C\c1c(C)nc2oc3ccccc3n12. The molecule has 3 nitrogen and oxygen atoms in total. The molecule has 0 atom stereocenters. The normalized spacial score (nSPS) is 12.1. The van der Waals surface area contributed by atoms with Crippen LogP contribution in [-0.2, 0) is 0 Å². The van der Waals surface area contributed by atoms with Gasteiger partial charge in [-0.25, -0.2) is 0 Å². The molecule has 0 amide bonds. The van der Waals surface area contributed by atoms with Gasteiger partial charge in [0.2, 0.25) is 0 Å². The van der Waals surface area contributed by atoms with Gasteiger partial charge in [0, 0.05) is 0 Å². The summed E-state index contributed by atoms with van der Waals surface area (Å²) < 4.78 is 7.72. The summed E-state index contributed by atoms with van der Waals surface area (Å²) in [5.41, 5.74) is 4.01. The Bertz CT molecular complexity index is 688. The molecule has 16 heavy (non-hydrogen) atoms. The molecule has 0 saturated heterocycles. The molecule has 0 aliphatic rings. The summed E-state index contributed by atoms with van der Waals surface area (Å²) in [4.78, 5) is 4.41. The van der Waals surface area contributed by atoms with Gasteiger partial charge in [0.1, 0.15) is 0 Å². The molecule has 2 aromatic heterocycles. The molecule has 0 radical (unpaired) electrons. The molecule has 0 unspecified atom stereocenters. The maximum atomic E-state index is 5.68. The highest BCUT2D eigenvalue weighted by molar-refractivity contribution is 5.78. The molecule has 0 saturated carbocycles. The summed E-state index contributed by atoms with van der Waals surface area (Å²) in [5, 5.41) is 0. The van der Waals surface area contributed by atoms with Gasteiger partial charge in [0.25, 0.3) is 0 Å². The molecular formula is C13H12N2O. The zero-order valence-corrected chi connectivity index (χ0v) is 9.27. The standard InChI is InChI=1S/C13H12N2O/c1-3-6-10-9(2)14-13-15(10)11-7-4-5-8-12(11)16-13/h3-8H,1-2H3/b6-3-. The Labute approximate surface area is 93.0 Å². The Hall–Kier alpha value is -2.03. The van der Waals surface area contributed by atoms with E-state index in [0.29, 0.717) is 5.84 Å². The second-order valence-electron chi connectivity index (χ2n) is 3.77. The van der Waals surface area contributed by atoms with Crippen molar-refractivity contribution in [1.29, 1.82) is 0 Å². The predicted octanol–water partition coefficient (Wildman–Crippen LogP) is 3.42. The van der Waals surface area contributed by atoms with E-state index in [1.54, 1.807) is 0 Å². The quantitative estimate of drug-likeness (QED) is 0.618. The van der Waals surface area contributed by atoms with E-state index in [0.717, 1.165) is 22.5 Å². The lowest BCUT2D eigenvalue weighted by atomic mass is 10.3. The summed E-state index contributed by atoms with van der Waals surface area (Å²) in [5.74, 6) is 0.659. The van der Waals surface area contributed by atoms with E-state index >= 15 is 0 Å². The first kappa shape index (κ1) is 9.21. The monoisotopic (exact) mass is 212 g/mol. The molecule has 1 aromatic carbocycles. The van der Waals surface area contributed by atoms with Crippen molar-refractivity contribution in [2.24, 2.45) is 0 Å². The van der Waals surface area contributed by atoms with Crippen molar-refractivity contribution in [3.05, 3.63) is 41.7 Å². The van der Waals surface area contributed by atoms with E-state index in [2.05, 4.69) is 11.1 Å². The lowest BCUT2D eigenvalue weighted by Gasteiger charge is -1.93. The number of para-hydroxylation sites is 2. The Morgan fingerprint density at radius 2 is 2.12 bits per heavy atom. The second kappa shape index (κ2) is 3.23. The van der Waals surface area contributed by atoms with Gasteiger partial charge in [0.15, 0.2) is 5.58 Å². The first-order valence-electron chi connectivity index (χ1n) is 5.30. The summed E-state index contributed by atoms with van der Waals surface area (Å²) in [6, 6.07) is 7.97. The van der Waals surface area contributed by atoms with Crippen molar-refractivity contribution in [1.82, 2.24) is 9.38 Å². The maximum Gasteiger partial charge on any atom is 0.307 e. The Morgan fingerprint density at radius 1 is 1.31 bits per heavy atom. The number of allylic oxidation sites excluding steroid dienone is 1. The molecule has 3 heteroatoms. The van der Waals surface area contributed by atoms with Crippen LogP contribution in [0.5, 0.6) is 0 Å². The van der Waals surface area contributed by atoms with Crippen LogP contribution in [0, 0.1) is 6.92 Å². The zero-order valence-electron chi connectivity index (χ0n) is 9.27. The number of aryl methyl sites for hydroxylation is 1. The number of aromatic nitrogens is 2. The van der Waals surface area contributed by atoms with Crippen molar-refractivity contribution < 1.29 is 4.42 Å². The number of oxazole rings is 1. The van der Waals surface area contributed by atoms with Crippen LogP contribution < -0.4 is 0 Å². The first-order chi connectivity index (χ1) is 7.81. The third kappa shape index (κ3) is 1.11. The lowest BCUT2D eigenvalue weighted by Crippen LogP contribution is -1.85. The number of hydrogen-bond donors (Lipinski definition) is 0. The van der Waals surface area contributed by atoms with E-state index in [4.69, 9.17) is 4.42 Å². The predicted molar refractivity (Wildman–Crippen MR) is 64.4 cm³/mol. The first-order valence-corrected chi connectivity index (χ1v) is 5.30. The number of hydrogen-bond acceptors (Lipinski definition) is 2. The fraction of sp³-hybridized carbons (Fsp3) is 0.154. The molecular weight excluding hydrogens is 200 g/mol. The lowest BCUT2D eigenvalue weighted by molar-refractivity contribution is 0.641. The van der Waals surface area contributed by atoms with Crippen LogP contribution in [0.25, 0.3) is 23.0 Å². The van der Waals surface area contributed by atoms with Gasteiger partial charge >= 0.3 is 5.84 Å². The Morgan fingerprint density at radius 3 is 2.94 bits per heavy atom. The van der Waals surface area contributed by atoms with Crippen LogP contribution in [0.4, 0.5) is 0 Å². The van der Waals surface area contributed by atoms with Crippen LogP contribution in [0.2, 0.25) is 0 Å². The van der Waals surface area contributed by atoms with Gasteiger partial charge in [0.05, 0.1) is 16.9 Å². The molecule has 0 fully saturated rings.